The monoisotopic (exact) mass is 818 g/mol. The van der Waals surface area contributed by atoms with Crippen molar-refractivity contribution in [3.05, 3.63) is 23.4 Å². The average Bonchev–Trinajstić information content (AvgIpc) is 3.45. The number of aliphatic hydroxyl groups excluding tert-OH is 1. The molecular weight excluding hydrogens is 770 g/mol. The maximum Gasteiger partial charge on any atom is 1.00 e. The molecule has 0 radical (unpaired) electrons. The van der Waals surface area contributed by atoms with Crippen LogP contribution < -0.4 is 44.9 Å². The fourth-order valence-corrected chi connectivity index (χ4v) is 12.1. The number of fused-ring (bicyclic) bond motifs is 2. The summed E-state index contributed by atoms with van der Waals surface area (Å²) in [5.41, 5.74) is -1.72. The number of hydrogen-bond donors (Lipinski definition) is 4. The van der Waals surface area contributed by atoms with Gasteiger partial charge >= 0.3 is 29.6 Å². The van der Waals surface area contributed by atoms with Crippen LogP contribution in [0, 0.1) is 22.5 Å². The third kappa shape index (κ3) is 8.90. The van der Waals surface area contributed by atoms with E-state index in [9.17, 15) is 41.3 Å². The minimum absolute atomic E-state index is 0. The van der Waals surface area contributed by atoms with Crippen molar-refractivity contribution >= 4 is 59.4 Å². The maximum atomic E-state index is 13.7. The van der Waals surface area contributed by atoms with Gasteiger partial charge in [-0.15, -0.1) is 5.11 Å². The first-order valence-electron chi connectivity index (χ1n) is 18.0. The summed E-state index contributed by atoms with van der Waals surface area (Å²) >= 11 is 1.02. The van der Waals surface area contributed by atoms with E-state index in [-0.39, 0.29) is 66.0 Å². The average molecular weight is 819 g/mol. The van der Waals surface area contributed by atoms with Crippen LogP contribution in [0.3, 0.4) is 0 Å². The minimum atomic E-state index is -4.55. The van der Waals surface area contributed by atoms with Gasteiger partial charge < -0.3 is 30.6 Å². The molecule has 7 unspecified atom stereocenters. The summed E-state index contributed by atoms with van der Waals surface area (Å²) in [6, 6.07) is 1.92. The summed E-state index contributed by atoms with van der Waals surface area (Å²) < 4.78 is 69.7. The fraction of sp³-hybridized carbons (Fsp3) is 0.735. The molecule has 2 aliphatic heterocycles. The molecule has 6 rings (SSSR count). The first kappa shape index (κ1) is 43.5. The van der Waals surface area contributed by atoms with Gasteiger partial charge in [0.25, 0.3) is 0 Å². The van der Waals surface area contributed by atoms with Crippen molar-refractivity contribution in [1.82, 2.24) is 24.8 Å². The van der Waals surface area contributed by atoms with Crippen molar-refractivity contribution in [2.75, 3.05) is 0 Å². The van der Waals surface area contributed by atoms with Gasteiger partial charge in [-0.2, -0.15) is 9.49 Å². The van der Waals surface area contributed by atoms with E-state index in [1.54, 1.807) is 33.8 Å². The van der Waals surface area contributed by atoms with Crippen molar-refractivity contribution in [3.8, 4) is 0 Å². The largest absolute Gasteiger partial charge is 1.00 e. The Bertz CT molecular complexity index is 1990. The van der Waals surface area contributed by atoms with E-state index in [4.69, 9.17) is 0 Å². The summed E-state index contributed by atoms with van der Waals surface area (Å²) in [6.07, 6.45) is 0.768. The molecule has 16 nitrogen and oxygen atoms in total. The number of carbonyl (C=O) groups excluding carboxylic acids is 2. The van der Waals surface area contributed by atoms with Crippen LogP contribution in [0.2, 0.25) is 0 Å². The second-order valence-electron chi connectivity index (χ2n) is 17.2. The molecule has 3 heterocycles. The Morgan fingerprint density at radius 3 is 2.39 bits per heavy atom. The standard InChI is InChI=1S/C34H50N7O9S3.Na/c1-32(2)17-26(42)36-28-24(14-25(29(43)27(28)32)35-30(44)18-8-7-9-21(12-18)53(48,49)50)37-38-31-22-13-20(10-11-23(22)39-51-31)52(46,47)40-19-15-33(3,4)41(45)34(5,6)16-19;/h10-11,13,18-19,21,24-25,27-29,40,43H,7-9,12,14-17H2,1-6H3,(H,35,44)(H,36,42)(H,48,49,50);/q-1;+1/p-1. The summed E-state index contributed by atoms with van der Waals surface area (Å²) in [4.78, 5) is 26.3. The van der Waals surface area contributed by atoms with Gasteiger partial charge in [-0.05, 0) is 101 Å². The van der Waals surface area contributed by atoms with Crippen LogP contribution in [-0.4, -0.2) is 94.3 Å². The van der Waals surface area contributed by atoms with E-state index < -0.39 is 89.9 Å². The molecule has 7 atom stereocenters. The van der Waals surface area contributed by atoms with E-state index in [0.717, 1.165) is 16.6 Å². The topological polar surface area (TPSA) is 246 Å². The van der Waals surface area contributed by atoms with Crippen LogP contribution in [0.1, 0.15) is 92.9 Å². The van der Waals surface area contributed by atoms with Crippen molar-refractivity contribution in [3.63, 3.8) is 0 Å². The van der Waals surface area contributed by atoms with Gasteiger partial charge in [0.05, 0.1) is 50.0 Å². The maximum absolute atomic E-state index is 13.7. The predicted molar refractivity (Wildman–Crippen MR) is 196 cm³/mol. The molecular formula is C34H49N7NaO9S3-. The van der Waals surface area contributed by atoms with Crippen LogP contribution in [0.25, 0.3) is 10.9 Å². The third-order valence-electron chi connectivity index (χ3n) is 11.6. The number of aromatic nitrogens is 1. The number of carbonyl (C=O) groups is 2. The van der Waals surface area contributed by atoms with Crippen molar-refractivity contribution in [2.45, 2.75) is 144 Å². The molecule has 1 aromatic heterocycles. The molecule has 4 N–H and O–H groups in total. The number of rotatable bonds is 8. The zero-order chi connectivity index (χ0) is 38.9. The normalized spacial score (nSPS) is 31.7. The van der Waals surface area contributed by atoms with Gasteiger partial charge in [-0.25, -0.2) is 21.6 Å². The number of sulfonamides is 1. The minimum Gasteiger partial charge on any atom is -0.784 e. The van der Waals surface area contributed by atoms with Crippen molar-refractivity contribution in [1.29, 1.82) is 0 Å². The number of benzene rings is 1. The number of azo groups is 1. The molecule has 2 aliphatic carbocycles. The van der Waals surface area contributed by atoms with E-state index in [1.165, 1.54) is 12.1 Å². The Morgan fingerprint density at radius 1 is 1.07 bits per heavy atom. The van der Waals surface area contributed by atoms with E-state index in [2.05, 4.69) is 30.0 Å². The molecule has 294 valence electrons. The fourth-order valence-electron chi connectivity index (χ4n) is 9.27. The van der Waals surface area contributed by atoms with E-state index in [0.29, 0.717) is 41.6 Å². The molecule has 0 spiro atoms. The second-order valence-corrected chi connectivity index (χ2v) is 21.3. The van der Waals surface area contributed by atoms with Crippen molar-refractivity contribution < 1.29 is 65.6 Å². The van der Waals surface area contributed by atoms with Gasteiger partial charge in [-0.3, -0.25) is 9.59 Å². The first-order valence-corrected chi connectivity index (χ1v) is 21.7. The van der Waals surface area contributed by atoms with Crippen LogP contribution in [0.5, 0.6) is 0 Å². The first-order chi connectivity index (χ1) is 24.5. The summed E-state index contributed by atoms with van der Waals surface area (Å²) in [5.74, 6) is -1.90. The van der Waals surface area contributed by atoms with E-state index >= 15 is 0 Å². The van der Waals surface area contributed by atoms with Gasteiger partial charge in [-0.1, -0.05) is 20.3 Å². The number of aliphatic hydroxyl groups is 1. The number of nitrogens with zero attached hydrogens (tertiary/aromatic N) is 4. The molecule has 20 heteroatoms. The third-order valence-corrected chi connectivity index (χ3v) is 15.1. The molecule has 2 amide bonds. The number of piperidine rings is 2. The van der Waals surface area contributed by atoms with Crippen LogP contribution in [-0.2, 0) is 29.7 Å². The van der Waals surface area contributed by atoms with E-state index in [1.807, 2.05) is 13.8 Å². The molecule has 2 saturated carbocycles. The number of hydroxylamine groups is 2. The Labute approximate surface area is 342 Å². The molecule has 2 aromatic rings. The van der Waals surface area contributed by atoms with Gasteiger partial charge in [0.1, 0.15) is 0 Å². The number of amides is 2. The summed E-state index contributed by atoms with van der Waals surface area (Å²) in [5, 5.41) is 40.2. The molecule has 1 aromatic carbocycles. The Kier molecular flexibility index (Phi) is 12.6. The zero-order valence-electron chi connectivity index (χ0n) is 31.7. The predicted octanol–water partition coefficient (Wildman–Crippen LogP) is 0.435. The molecule has 4 aliphatic rings. The zero-order valence-corrected chi connectivity index (χ0v) is 36.2. The molecule has 54 heavy (non-hydrogen) atoms. The van der Waals surface area contributed by atoms with Crippen molar-refractivity contribution in [2.24, 2.45) is 27.5 Å². The van der Waals surface area contributed by atoms with Crippen LogP contribution in [0.15, 0.2) is 33.3 Å². The van der Waals surface area contributed by atoms with Crippen LogP contribution >= 0.6 is 11.5 Å². The number of nitrogens with one attached hydrogen (secondary N) is 3. The number of hydrogen-bond acceptors (Lipinski definition) is 14. The molecule has 2 saturated heterocycles. The van der Waals surface area contributed by atoms with Gasteiger partial charge in [0, 0.05) is 40.8 Å². The summed E-state index contributed by atoms with van der Waals surface area (Å²) in [7, 11) is -8.57. The smallest absolute Gasteiger partial charge is 0.784 e. The second kappa shape index (κ2) is 15.6. The quantitative estimate of drug-likeness (QED) is 0.162. The summed E-state index contributed by atoms with van der Waals surface area (Å²) in [6.45, 7) is 10.9. The SMILES string of the molecule is CC1(C)CC(=O)NC2C(N=Nc3snc4ccc(S(=O)(=O)NC5CC(C)(C)N([O-])C(C)(C)C5)cc34)CC(NC(=O)C3CCCC(S(=O)(=O)[O-])C3)C(O)C21.[Na+]. The molecule has 4 fully saturated rings. The van der Waals surface area contributed by atoms with Gasteiger partial charge in [0.2, 0.25) is 21.8 Å². The molecule has 0 bridgehead atoms. The Hall–Kier alpha value is -1.65. The Balaban J connectivity index is 0.00000561. The van der Waals surface area contributed by atoms with Gasteiger partial charge in [0.15, 0.2) is 5.00 Å². The Morgan fingerprint density at radius 2 is 1.74 bits per heavy atom. The van der Waals surface area contributed by atoms with Crippen LogP contribution in [0.4, 0.5) is 5.00 Å².